The summed E-state index contributed by atoms with van der Waals surface area (Å²) in [5.41, 5.74) is 7.19. The summed E-state index contributed by atoms with van der Waals surface area (Å²) >= 11 is 0. The first kappa shape index (κ1) is 14.3. The van der Waals surface area contributed by atoms with Gasteiger partial charge in [-0.3, -0.25) is 4.90 Å². The van der Waals surface area contributed by atoms with Crippen LogP contribution in [-0.2, 0) is 0 Å². The van der Waals surface area contributed by atoms with E-state index in [4.69, 9.17) is 10.5 Å². The maximum absolute atomic E-state index is 6.00. The fourth-order valence-electron chi connectivity index (χ4n) is 2.50. The summed E-state index contributed by atoms with van der Waals surface area (Å²) in [5, 5.41) is 0. The Morgan fingerprint density at radius 3 is 2.74 bits per heavy atom. The molecule has 1 heterocycles. The summed E-state index contributed by atoms with van der Waals surface area (Å²) in [6.07, 6.45) is 5.80. The number of rotatable bonds is 8. The highest BCUT2D eigenvalue weighted by Crippen LogP contribution is 2.32. The number of hydrogen-bond donors (Lipinski definition) is 1. The number of nitrogens with zero attached hydrogens (tertiary/aromatic N) is 2. The standard InChI is InChI=1S/C15H25N3O/c1-3-8-18(11-12-4-5-12)14(9-16)13-6-7-15(19-2)17-10-13/h6-7,10,12,14H,3-5,8-9,11,16H2,1-2H3. The number of ether oxygens (including phenoxy) is 1. The van der Waals surface area contributed by atoms with Crippen LogP contribution in [0.5, 0.6) is 5.88 Å². The van der Waals surface area contributed by atoms with E-state index < -0.39 is 0 Å². The minimum absolute atomic E-state index is 0.277. The lowest BCUT2D eigenvalue weighted by atomic mass is 10.1. The molecule has 1 aromatic heterocycles. The number of aromatic nitrogens is 1. The van der Waals surface area contributed by atoms with E-state index in [2.05, 4.69) is 22.9 Å². The van der Waals surface area contributed by atoms with Crippen molar-refractivity contribution < 1.29 is 4.74 Å². The van der Waals surface area contributed by atoms with Gasteiger partial charge in [0.2, 0.25) is 5.88 Å². The lowest BCUT2D eigenvalue weighted by Crippen LogP contribution is -2.36. The van der Waals surface area contributed by atoms with Gasteiger partial charge in [0.1, 0.15) is 0 Å². The zero-order chi connectivity index (χ0) is 13.7. The molecule has 0 saturated heterocycles. The molecule has 4 heteroatoms. The number of nitrogens with two attached hydrogens (primary N) is 1. The molecule has 0 radical (unpaired) electrons. The van der Waals surface area contributed by atoms with E-state index in [-0.39, 0.29) is 6.04 Å². The summed E-state index contributed by atoms with van der Waals surface area (Å²) in [5.74, 6) is 1.54. The van der Waals surface area contributed by atoms with E-state index in [1.807, 2.05) is 12.3 Å². The van der Waals surface area contributed by atoms with Crippen molar-refractivity contribution >= 4 is 0 Å². The molecule has 1 saturated carbocycles. The van der Waals surface area contributed by atoms with Gasteiger partial charge in [0.05, 0.1) is 7.11 Å². The molecular weight excluding hydrogens is 238 g/mol. The van der Waals surface area contributed by atoms with Crippen LogP contribution < -0.4 is 10.5 Å². The molecule has 0 aromatic carbocycles. The van der Waals surface area contributed by atoms with Gasteiger partial charge in [-0.15, -0.1) is 0 Å². The van der Waals surface area contributed by atoms with E-state index in [0.717, 1.165) is 18.9 Å². The SMILES string of the molecule is CCCN(CC1CC1)C(CN)c1ccc(OC)nc1. The Kier molecular flexibility index (Phi) is 5.16. The van der Waals surface area contributed by atoms with Crippen molar-refractivity contribution in [3.8, 4) is 5.88 Å². The van der Waals surface area contributed by atoms with Gasteiger partial charge < -0.3 is 10.5 Å². The van der Waals surface area contributed by atoms with E-state index >= 15 is 0 Å². The fraction of sp³-hybridized carbons (Fsp3) is 0.667. The van der Waals surface area contributed by atoms with Crippen molar-refractivity contribution in [2.45, 2.75) is 32.2 Å². The van der Waals surface area contributed by atoms with Crippen LogP contribution in [0.4, 0.5) is 0 Å². The Morgan fingerprint density at radius 2 is 2.26 bits per heavy atom. The van der Waals surface area contributed by atoms with Gasteiger partial charge in [0.25, 0.3) is 0 Å². The van der Waals surface area contributed by atoms with Crippen LogP contribution in [0.1, 0.15) is 37.8 Å². The second-order valence-electron chi connectivity index (χ2n) is 5.32. The van der Waals surface area contributed by atoms with Crippen LogP contribution >= 0.6 is 0 Å². The highest BCUT2D eigenvalue weighted by Gasteiger charge is 2.28. The van der Waals surface area contributed by atoms with Crippen molar-refractivity contribution in [2.75, 3.05) is 26.7 Å². The smallest absolute Gasteiger partial charge is 0.212 e. The van der Waals surface area contributed by atoms with E-state index in [9.17, 15) is 0 Å². The van der Waals surface area contributed by atoms with Gasteiger partial charge in [0, 0.05) is 31.4 Å². The summed E-state index contributed by atoms with van der Waals surface area (Å²) < 4.78 is 5.11. The molecule has 1 aliphatic carbocycles. The maximum atomic E-state index is 6.00. The van der Waals surface area contributed by atoms with Gasteiger partial charge in [-0.05, 0) is 37.3 Å². The fourth-order valence-corrected chi connectivity index (χ4v) is 2.50. The Bertz CT molecular complexity index is 375. The summed E-state index contributed by atoms with van der Waals surface area (Å²) in [6, 6.07) is 4.27. The molecule has 0 bridgehead atoms. The highest BCUT2D eigenvalue weighted by atomic mass is 16.5. The largest absolute Gasteiger partial charge is 0.481 e. The van der Waals surface area contributed by atoms with Crippen LogP contribution in [-0.4, -0.2) is 36.6 Å². The molecule has 1 aliphatic rings. The zero-order valence-electron chi connectivity index (χ0n) is 12.0. The molecule has 2 N–H and O–H groups in total. The van der Waals surface area contributed by atoms with Crippen LogP contribution in [0.2, 0.25) is 0 Å². The van der Waals surface area contributed by atoms with Crippen molar-refractivity contribution in [3.05, 3.63) is 23.9 Å². The van der Waals surface area contributed by atoms with Crippen LogP contribution in [0, 0.1) is 5.92 Å². The molecule has 1 atom stereocenters. The molecule has 1 aromatic rings. The molecule has 106 valence electrons. The Hall–Kier alpha value is -1.13. The molecular formula is C15H25N3O. The van der Waals surface area contributed by atoms with Gasteiger partial charge in [-0.2, -0.15) is 0 Å². The van der Waals surface area contributed by atoms with Crippen molar-refractivity contribution in [2.24, 2.45) is 11.7 Å². The second-order valence-corrected chi connectivity index (χ2v) is 5.32. The van der Waals surface area contributed by atoms with Crippen LogP contribution in [0.3, 0.4) is 0 Å². The first-order chi connectivity index (χ1) is 9.28. The molecule has 0 spiro atoms. The molecule has 1 unspecified atom stereocenters. The van der Waals surface area contributed by atoms with Crippen LogP contribution in [0.25, 0.3) is 0 Å². The molecule has 4 nitrogen and oxygen atoms in total. The monoisotopic (exact) mass is 263 g/mol. The van der Waals surface area contributed by atoms with Gasteiger partial charge in [0.15, 0.2) is 0 Å². The van der Waals surface area contributed by atoms with E-state index in [1.165, 1.54) is 24.9 Å². The minimum Gasteiger partial charge on any atom is -0.481 e. The van der Waals surface area contributed by atoms with E-state index in [1.54, 1.807) is 7.11 Å². The quantitative estimate of drug-likeness (QED) is 0.781. The molecule has 0 aliphatic heterocycles. The molecule has 19 heavy (non-hydrogen) atoms. The number of hydrogen-bond acceptors (Lipinski definition) is 4. The van der Waals surface area contributed by atoms with E-state index in [0.29, 0.717) is 12.4 Å². The third kappa shape index (κ3) is 3.91. The number of methoxy groups -OCH3 is 1. The lowest BCUT2D eigenvalue weighted by molar-refractivity contribution is 0.193. The average Bonchev–Trinajstić information content (AvgIpc) is 3.24. The summed E-state index contributed by atoms with van der Waals surface area (Å²) in [4.78, 5) is 6.81. The first-order valence-electron chi connectivity index (χ1n) is 7.22. The van der Waals surface area contributed by atoms with Gasteiger partial charge >= 0.3 is 0 Å². The first-order valence-corrected chi connectivity index (χ1v) is 7.22. The Labute approximate surface area is 116 Å². The zero-order valence-corrected chi connectivity index (χ0v) is 12.0. The second kappa shape index (κ2) is 6.87. The summed E-state index contributed by atoms with van der Waals surface area (Å²) in [7, 11) is 1.64. The Morgan fingerprint density at radius 1 is 1.47 bits per heavy atom. The third-order valence-electron chi connectivity index (χ3n) is 3.72. The van der Waals surface area contributed by atoms with Crippen molar-refractivity contribution in [1.29, 1.82) is 0 Å². The molecule has 2 rings (SSSR count). The predicted molar refractivity (Wildman–Crippen MR) is 77.2 cm³/mol. The van der Waals surface area contributed by atoms with Gasteiger partial charge in [-0.1, -0.05) is 13.0 Å². The number of pyridine rings is 1. The van der Waals surface area contributed by atoms with Crippen LogP contribution in [0.15, 0.2) is 18.3 Å². The van der Waals surface area contributed by atoms with Gasteiger partial charge in [-0.25, -0.2) is 4.98 Å². The average molecular weight is 263 g/mol. The minimum atomic E-state index is 0.277. The predicted octanol–water partition coefficient (Wildman–Crippen LogP) is 2.21. The third-order valence-corrected chi connectivity index (χ3v) is 3.72. The topological polar surface area (TPSA) is 51.4 Å². The Balaban J connectivity index is 2.09. The van der Waals surface area contributed by atoms with Crippen molar-refractivity contribution in [1.82, 2.24) is 9.88 Å². The highest BCUT2D eigenvalue weighted by molar-refractivity contribution is 5.21. The summed E-state index contributed by atoms with van der Waals surface area (Å²) in [6.45, 7) is 5.13. The normalized spacial score (nSPS) is 16.6. The maximum Gasteiger partial charge on any atom is 0.212 e. The van der Waals surface area contributed by atoms with Crippen molar-refractivity contribution in [3.63, 3.8) is 0 Å². The molecule has 1 fully saturated rings. The molecule has 0 amide bonds. The lowest BCUT2D eigenvalue weighted by Gasteiger charge is -2.31.